The minimum absolute atomic E-state index is 0. The van der Waals surface area contributed by atoms with E-state index in [4.69, 9.17) is 0 Å². The van der Waals surface area contributed by atoms with Gasteiger partial charge in [0, 0.05) is 24.0 Å². The fraction of sp³-hybridized carbons (Fsp3) is 0.667. The van der Waals surface area contributed by atoms with Crippen LogP contribution in [0.3, 0.4) is 0 Å². The van der Waals surface area contributed by atoms with Gasteiger partial charge in [-0.3, -0.25) is 4.99 Å². The lowest BCUT2D eigenvalue weighted by atomic mass is 10.1. The third-order valence-corrected chi connectivity index (χ3v) is 6.27. The predicted octanol–water partition coefficient (Wildman–Crippen LogP) is 2.29. The molecule has 0 aromatic carbocycles. The van der Waals surface area contributed by atoms with Crippen LogP contribution in [-0.4, -0.2) is 45.0 Å². The van der Waals surface area contributed by atoms with Crippen molar-refractivity contribution in [1.29, 1.82) is 0 Å². The van der Waals surface area contributed by atoms with Crippen molar-refractivity contribution in [3.63, 3.8) is 0 Å². The third-order valence-electron chi connectivity index (χ3n) is 3.61. The van der Waals surface area contributed by atoms with Crippen molar-refractivity contribution >= 4 is 51.1 Å². The molecule has 2 rings (SSSR count). The van der Waals surface area contributed by atoms with E-state index in [9.17, 15) is 8.42 Å². The average molecular weight is 471 g/mol. The van der Waals surface area contributed by atoms with Crippen molar-refractivity contribution in [3.8, 4) is 0 Å². The maximum atomic E-state index is 11.5. The van der Waals surface area contributed by atoms with Gasteiger partial charge < -0.3 is 10.6 Å². The normalized spacial score (nSPS) is 21.5. The first-order chi connectivity index (χ1) is 10.5. The Labute approximate surface area is 160 Å². The van der Waals surface area contributed by atoms with E-state index in [1.807, 2.05) is 6.92 Å². The molecule has 1 aromatic heterocycles. The average Bonchev–Trinajstić information content (AvgIpc) is 3.06. The van der Waals surface area contributed by atoms with Crippen molar-refractivity contribution in [2.24, 2.45) is 10.9 Å². The quantitative estimate of drug-likeness (QED) is 0.380. The molecular weight excluding hydrogens is 445 g/mol. The van der Waals surface area contributed by atoms with E-state index < -0.39 is 9.84 Å². The molecular formula is C15H26IN3O2S2. The monoisotopic (exact) mass is 471 g/mol. The number of guanidine groups is 1. The van der Waals surface area contributed by atoms with Crippen molar-refractivity contribution in [2.45, 2.75) is 32.7 Å². The summed E-state index contributed by atoms with van der Waals surface area (Å²) in [7, 11) is -2.87. The predicted molar refractivity (Wildman–Crippen MR) is 109 cm³/mol. The Morgan fingerprint density at radius 1 is 1.52 bits per heavy atom. The number of nitrogens with zero attached hydrogens (tertiary/aromatic N) is 1. The molecule has 1 saturated heterocycles. The van der Waals surface area contributed by atoms with E-state index in [1.165, 1.54) is 4.88 Å². The highest BCUT2D eigenvalue weighted by molar-refractivity contribution is 14.0. The summed E-state index contributed by atoms with van der Waals surface area (Å²) in [4.78, 5) is 5.99. The largest absolute Gasteiger partial charge is 0.357 e. The summed E-state index contributed by atoms with van der Waals surface area (Å²) in [6.45, 7) is 5.70. The molecule has 1 aromatic rings. The Morgan fingerprint density at radius 2 is 2.30 bits per heavy atom. The summed E-state index contributed by atoms with van der Waals surface area (Å²) in [5, 5.41) is 8.54. The summed E-state index contributed by atoms with van der Waals surface area (Å²) in [5.41, 5.74) is 0. The van der Waals surface area contributed by atoms with Crippen LogP contribution in [0, 0.1) is 5.92 Å². The Balaban J connectivity index is 0.00000264. The van der Waals surface area contributed by atoms with Gasteiger partial charge in [0.1, 0.15) is 0 Å². The summed E-state index contributed by atoms with van der Waals surface area (Å²) in [6.07, 6.45) is 1.69. The number of rotatable bonds is 6. The van der Waals surface area contributed by atoms with Crippen LogP contribution in [0.25, 0.3) is 0 Å². The fourth-order valence-corrected chi connectivity index (χ4v) is 5.05. The number of halogens is 1. The van der Waals surface area contributed by atoms with Crippen LogP contribution in [0.15, 0.2) is 22.5 Å². The van der Waals surface area contributed by atoms with Crippen molar-refractivity contribution in [2.75, 3.05) is 24.6 Å². The second kappa shape index (κ2) is 9.83. The molecule has 0 aliphatic carbocycles. The van der Waals surface area contributed by atoms with Gasteiger partial charge in [-0.15, -0.1) is 35.3 Å². The van der Waals surface area contributed by atoms with Crippen LogP contribution in [-0.2, 0) is 16.3 Å². The minimum Gasteiger partial charge on any atom is -0.357 e. The molecule has 132 valence electrons. The highest BCUT2D eigenvalue weighted by atomic mass is 127. The molecule has 2 N–H and O–H groups in total. The van der Waals surface area contributed by atoms with Gasteiger partial charge in [0.25, 0.3) is 0 Å². The first-order valence-corrected chi connectivity index (χ1v) is 10.5. The van der Waals surface area contributed by atoms with Crippen LogP contribution in [0.1, 0.15) is 25.1 Å². The number of nitrogens with one attached hydrogen (secondary N) is 2. The van der Waals surface area contributed by atoms with E-state index in [-0.39, 0.29) is 41.5 Å². The first-order valence-electron chi connectivity index (χ1n) is 7.76. The molecule has 0 saturated carbocycles. The topological polar surface area (TPSA) is 70.6 Å². The molecule has 2 heterocycles. The van der Waals surface area contributed by atoms with Gasteiger partial charge >= 0.3 is 0 Å². The second-order valence-electron chi connectivity index (χ2n) is 5.85. The van der Waals surface area contributed by atoms with Crippen LogP contribution in [0.5, 0.6) is 0 Å². The number of sulfone groups is 1. The Hall–Kier alpha value is -0.350. The zero-order chi connectivity index (χ0) is 16.0. The van der Waals surface area contributed by atoms with Gasteiger partial charge in [-0.05, 0) is 37.1 Å². The Bertz CT molecular complexity index is 588. The van der Waals surface area contributed by atoms with Gasteiger partial charge in [0.2, 0.25) is 0 Å². The third kappa shape index (κ3) is 7.38. The van der Waals surface area contributed by atoms with Gasteiger partial charge in [-0.1, -0.05) is 13.0 Å². The molecule has 23 heavy (non-hydrogen) atoms. The summed E-state index contributed by atoms with van der Waals surface area (Å²) in [6, 6.07) is 4.20. The SMILES string of the molecule is CCNC(=NCC(C)Cc1cccs1)NC1CCS(=O)(=O)C1.I. The summed E-state index contributed by atoms with van der Waals surface area (Å²) in [5.74, 6) is 1.67. The maximum Gasteiger partial charge on any atom is 0.191 e. The van der Waals surface area contributed by atoms with Crippen molar-refractivity contribution < 1.29 is 8.42 Å². The number of hydrogen-bond donors (Lipinski definition) is 2. The molecule has 1 aliphatic rings. The molecule has 0 radical (unpaired) electrons. The Kier molecular flexibility index (Phi) is 8.84. The van der Waals surface area contributed by atoms with Crippen LogP contribution < -0.4 is 10.6 Å². The number of hydrogen-bond acceptors (Lipinski definition) is 4. The van der Waals surface area contributed by atoms with E-state index in [1.54, 1.807) is 11.3 Å². The van der Waals surface area contributed by atoms with Crippen LogP contribution in [0.2, 0.25) is 0 Å². The highest BCUT2D eigenvalue weighted by Crippen LogP contribution is 2.15. The zero-order valence-corrected chi connectivity index (χ0v) is 17.6. The van der Waals surface area contributed by atoms with Gasteiger partial charge in [0.05, 0.1) is 11.5 Å². The molecule has 1 aliphatic heterocycles. The number of aliphatic imine (C=N–C) groups is 1. The van der Waals surface area contributed by atoms with E-state index in [0.717, 1.165) is 25.5 Å². The fourth-order valence-electron chi connectivity index (χ4n) is 2.51. The maximum absolute atomic E-state index is 11.5. The van der Waals surface area contributed by atoms with Gasteiger partial charge in [0.15, 0.2) is 15.8 Å². The molecule has 1 fully saturated rings. The van der Waals surface area contributed by atoms with E-state index in [0.29, 0.717) is 12.3 Å². The minimum atomic E-state index is -2.87. The molecule has 0 bridgehead atoms. The highest BCUT2D eigenvalue weighted by Gasteiger charge is 2.28. The van der Waals surface area contributed by atoms with E-state index >= 15 is 0 Å². The lowest BCUT2D eigenvalue weighted by Gasteiger charge is -2.16. The lowest BCUT2D eigenvalue weighted by molar-refractivity contribution is 0.587. The molecule has 2 unspecified atom stereocenters. The van der Waals surface area contributed by atoms with Crippen LogP contribution in [0.4, 0.5) is 0 Å². The molecule has 5 nitrogen and oxygen atoms in total. The van der Waals surface area contributed by atoms with E-state index in [2.05, 4.69) is 40.1 Å². The molecule has 8 heteroatoms. The lowest BCUT2D eigenvalue weighted by Crippen LogP contribution is -2.44. The molecule has 0 amide bonds. The molecule has 2 atom stereocenters. The standard InChI is InChI=1S/C15H25N3O2S2.HI/c1-3-16-15(18-13-6-8-22(19,20)11-13)17-10-12(2)9-14-5-4-7-21-14;/h4-5,7,12-13H,3,6,8-11H2,1-2H3,(H2,16,17,18);1H. The van der Waals surface area contributed by atoms with Crippen molar-refractivity contribution in [3.05, 3.63) is 22.4 Å². The smallest absolute Gasteiger partial charge is 0.191 e. The van der Waals surface area contributed by atoms with Gasteiger partial charge in [-0.2, -0.15) is 0 Å². The van der Waals surface area contributed by atoms with Gasteiger partial charge in [-0.25, -0.2) is 8.42 Å². The Morgan fingerprint density at radius 3 is 2.87 bits per heavy atom. The second-order valence-corrected chi connectivity index (χ2v) is 9.11. The summed E-state index contributed by atoms with van der Waals surface area (Å²) < 4.78 is 23.1. The van der Waals surface area contributed by atoms with Crippen LogP contribution >= 0.6 is 35.3 Å². The first kappa shape index (κ1) is 20.7. The van der Waals surface area contributed by atoms with Crippen molar-refractivity contribution in [1.82, 2.24) is 10.6 Å². The molecule has 0 spiro atoms. The number of thiophene rings is 1. The summed E-state index contributed by atoms with van der Waals surface area (Å²) >= 11 is 1.78. The zero-order valence-electron chi connectivity index (χ0n) is 13.6.